The molecule has 1 heterocycles. The van der Waals surface area contributed by atoms with Crippen LogP contribution in [0.2, 0.25) is 0 Å². The highest BCUT2D eigenvalue weighted by Gasteiger charge is 2.25. The summed E-state index contributed by atoms with van der Waals surface area (Å²) in [7, 11) is 0. The first-order chi connectivity index (χ1) is 14.3. The number of carboxylic acids is 1. The molecule has 1 aromatic heterocycles. The second kappa shape index (κ2) is 9.06. The monoisotopic (exact) mass is 448 g/mol. The molecule has 3 N–H and O–H groups in total. The number of carbonyl (C=O) groups is 2. The maximum Gasteiger partial charge on any atom is 0.339 e. The molecule has 2 aromatic carbocycles. The lowest BCUT2D eigenvalue weighted by molar-refractivity contribution is -0.110. The molecule has 0 saturated heterocycles. The van der Waals surface area contributed by atoms with Crippen molar-refractivity contribution in [1.29, 1.82) is 0 Å². The number of carboxylic acid groups (broad SMARTS) is 1. The SMILES string of the molecule is Cc1ccc(-c2csc(NC(=O)C(=NO)Sc3ccccc3)c2C(=O)O)c(F)c1F. The van der Waals surface area contributed by atoms with Crippen molar-refractivity contribution in [1.82, 2.24) is 0 Å². The van der Waals surface area contributed by atoms with E-state index < -0.39 is 29.1 Å². The van der Waals surface area contributed by atoms with Gasteiger partial charge in [-0.05, 0) is 24.6 Å². The zero-order chi connectivity index (χ0) is 21.8. The number of hydrogen-bond acceptors (Lipinski definition) is 6. The van der Waals surface area contributed by atoms with Crippen LogP contribution in [0.5, 0.6) is 0 Å². The normalized spacial score (nSPS) is 11.4. The lowest BCUT2D eigenvalue weighted by atomic mass is 10.0. The minimum Gasteiger partial charge on any atom is -0.478 e. The molecule has 0 saturated carbocycles. The van der Waals surface area contributed by atoms with E-state index in [1.807, 2.05) is 0 Å². The highest BCUT2D eigenvalue weighted by Crippen LogP contribution is 2.38. The number of anilines is 1. The molecule has 0 aliphatic rings. The fraction of sp³-hybridized carbons (Fsp3) is 0.0500. The summed E-state index contributed by atoms with van der Waals surface area (Å²) < 4.78 is 28.3. The number of hydrogen-bond donors (Lipinski definition) is 3. The van der Waals surface area contributed by atoms with E-state index in [9.17, 15) is 28.7 Å². The minimum absolute atomic E-state index is 0.0719. The van der Waals surface area contributed by atoms with Crippen LogP contribution < -0.4 is 5.32 Å². The maximum absolute atomic E-state index is 14.4. The van der Waals surface area contributed by atoms with Crippen molar-refractivity contribution in [2.24, 2.45) is 5.16 Å². The van der Waals surface area contributed by atoms with Crippen molar-refractivity contribution in [2.45, 2.75) is 11.8 Å². The van der Waals surface area contributed by atoms with E-state index in [-0.39, 0.29) is 26.7 Å². The molecule has 0 aliphatic heterocycles. The van der Waals surface area contributed by atoms with Crippen LogP contribution in [-0.4, -0.2) is 27.2 Å². The Bertz CT molecular complexity index is 1150. The number of benzene rings is 2. The first-order valence-corrected chi connectivity index (χ1v) is 10.1. The van der Waals surface area contributed by atoms with Gasteiger partial charge in [-0.15, -0.1) is 11.3 Å². The molecule has 0 atom stereocenters. The Hall–Kier alpha value is -3.24. The first kappa shape index (κ1) is 21.5. The van der Waals surface area contributed by atoms with Gasteiger partial charge in [0, 0.05) is 21.4 Å². The molecule has 1 amide bonds. The van der Waals surface area contributed by atoms with Gasteiger partial charge in [0.05, 0.1) is 0 Å². The predicted octanol–water partition coefficient (Wildman–Crippen LogP) is 5.22. The van der Waals surface area contributed by atoms with Crippen LogP contribution in [0.15, 0.2) is 57.9 Å². The molecule has 3 rings (SSSR count). The number of rotatable bonds is 4. The number of nitrogens with one attached hydrogen (secondary N) is 1. The van der Waals surface area contributed by atoms with Gasteiger partial charge in [0.1, 0.15) is 10.6 Å². The predicted molar refractivity (Wildman–Crippen MR) is 112 cm³/mol. The van der Waals surface area contributed by atoms with E-state index >= 15 is 0 Å². The zero-order valence-corrected chi connectivity index (χ0v) is 17.0. The molecular weight excluding hydrogens is 434 g/mol. The number of thioether (sulfide) groups is 1. The summed E-state index contributed by atoms with van der Waals surface area (Å²) in [6, 6.07) is 11.3. The lowest BCUT2D eigenvalue weighted by Gasteiger charge is -2.08. The number of oxime groups is 1. The molecule has 0 aliphatic carbocycles. The van der Waals surface area contributed by atoms with E-state index in [0.717, 1.165) is 23.1 Å². The standard InChI is InChI=1S/C20H14F2N2O4S2/c1-10-7-8-12(16(22)15(10)21)13-9-29-18(14(13)20(26)27)23-17(25)19(24-28)30-11-5-3-2-4-6-11/h2-9,28H,1H3,(H,23,25)(H,26,27). The molecule has 10 heteroatoms. The molecule has 0 unspecified atom stereocenters. The molecule has 6 nitrogen and oxygen atoms in total. The van der Waals surface area contributed by atoms with Gasteiger partial charge in [-0.2, -0.15) is 0 Å². The highest BCUT2D eigenvalue weighted by molar-refractivity contribution is 8.15. The van der Waals surface area contributed by atoms with Crippen molar-refractivity contribution in [3.63, 3.8) is 0 Å². The van der Waals surface area contributed by atoms with Crippen LogP contribution in [0.25, 0.3) is 11.1 Å². The van der Waals surface area contributed by atoms with Gasteiger partial charge in [0.25, 0.3) is 5.91 Å². The minimum atomic E-state index is -1.43. The largest absolute Gasteiger partial charge is 0.478 e. The first-order valence-electron chi connectivity index (χ1n) is 8.39. The summed E-state index contributed by atoms with van der Waals surface area (Å²) in [6.07, 6.45) is 0. The number of halogens is 2. The number of amides is 1. The molecule has 0 fully saturated rings. The van der Waals surface area contributed by atoms with Gasteiger partial charge in [0.2, 0.25) is 5.04 Å². The second-order valence-electron chi connectivity index (χ2n) is 5.99. The van der Waals surface area contributed by atoms with Gasteiger partial charge in [-0.3, -0.25) is 4.79 Å². The molecule has 154 valence electrons. The van der Waals surface area contributed by atoms with Crippen LogP contribution in [0.4, 0.5) is 13.8 Å². The van der Waals surface area contributed by atoms with E-state index in [1.54, 1.807) is 30.3 Å². The number of thiophene rings is 1. The van der Waals surface area contributed by atoms with E-state index in [2.05, 4.69) is 10.5 Å². The van der Waals surface area contributed by atoms with Crippen LogP contribution in [0.1, 0.15) is 15.9 Å². The third-order valence-electron chi connectivity index (χ3n) is 4.04. The third-order valence-corrected chi connectivity index (χ3v) is 5.90. The number of nitrogens with zero attached hydrogens (tertiary/aromatic N) is 1. The van der Waals surface area contributed by atoms with E-state index in [0.29, 0.717) is 4.90 Å². The Morgan fingerprint density at radius 3 is 2.40 bits per heavy atom. The Morgan fingerprint density at radius 1 is 1.07 bits per heavy atom. The van der Waals surface area contributed by atoms with Gasteiger partial charge in [-0.1, -0.05) is 47.2 Å². The summed E-state index contributed by atoms with van der Waals surface area (Å²) >= 11 is 1.71. The Kier molecular flexibility index (Phi) is 6.48. The average molecular weight is 448 g/mol. The smallest absolute Gasteiger partial charge is 0.339 e. The van der Waals surface area contributed by atoms with E-state index in [4.69, 9.17) is 0 Å². The van der Waals surface area contributed by atoms with Gasteiger partial charge in [0.15, 0.2) is 11.6 Å². The molecular formula is C20H14F2N2O4S2. The van der Waals surface area contributed by atoms with E-state index in [1.165, 1.54) is 24.4 Å². The van der Waals surface area contributed by atoms with Crippen molar-refractivity contribution in [3.05, 3.63) is 70.6 Å². The maximum atomic E-state index is 14.4. The fourth-order valence-corrected chi connectivity index (χ4v) is 4.23. The Morgan fingerprint density at radius 2 is 1.77 bits per heavy atom. The highest BCUT2D eigenvalue weighted by atomic mass is 32.2. The lowest BCUT2D eigenvalue weighted by Crippen LogP contribution is -2.21. The second-order valence-corrected chi connectivity index (χ2v) is 7.93. The van der Waals surface area contributed by atoms with Crippen LogP contribution >= 0.6 is 23.1 Å². The quantitative estimate of drug-likeness (QED) is 0.167. The third kappa shape index (κ3) is 4.34. The molecule has 3 aromatic rings. The summed E-state index contributed by atoms with van der Waals surface area (Å²) in [4.78, 5) is 24.9. The fourth-order valence-electron chi connectivity index (χ4n) is 2.58. The molecule has 0 radical (unpaired) electrons. The van der Waals surface area contributed by atoms with Crippen molar-refractivity contribution < 1.29 is 28.7 Å². The molecule has 0 bridgehead atoms. The number of carbonyl (C=O) groups excluding carboxylic acids is 1. The summed E-state index contributed by atoms with van der Waals surface area (Å²) in [5.41, 5.74) is -0.615. The molecule has 0 spiro atoms. The number of aromatic carboxylic acids is 1. The summed E-state index contributed by atoms with van der Waals surface area (Å²) in [5, 5.41) is 25.0. The topological polar surface area (TPSA) is 99.0 Å². The zero-order valence-electron chi connectivity index (χ0n) is 15.3. The van der Waals surface area contributed by atoms with Gasteiger partial charge < -0.3 is 15.6 Å². The Labute approximate surface area is 177 Å². The van der Waals surface area contributed by atoms with Crippen LogP contribution in [0.3, 0.4) is 0 Å². The summed E-state index contributed by atoms with van der Waals surface area (Å²) in [5.74, 6) is -4.53. The van der Waals surface area contributed by atoms with Crippen LogP contribution in [0, 0.1) is 18.6 Å². The van der Waals surface area contributed by atoms with Gasteiger partial charge in [-0.25, -0.2) is 13.6 Å². The van der Waals surface area contributed by atoms with Crippen LogP contribution in [-0.2, 0) is 4.79 Å². The summed E-state index contributed by atoms with van der Waals surface area (Å²) in [6.45, 7) is 1.39. The van der Waals surface area contributed by atoms with Gasteiger partial charge >= 0.3 is 5.97 Å². The van der Waals surface area contributed by atoms with Crippen molar-refractivity contribution in [3.8, 4) is 11.1 Å². The molecule has 30 heavy (non-hydrogen) atoms. The van der Waals surface area contributed by atoms with Crippen molar-refractivity contribution >= 4 is 45.0 Å². The Balaban J connectivity index is 1.93. The van der Waals surface area contributed by atoms with Crippen molar-refractivity contribution in [2.75, 3.05) is 5.32 Å². The number of aryl methyl sites for hydroxylation is 1. The average Bonchev–Trinajstić information content (AvgIpc) is 3.14.